The molecule has 0 radical (unpaired) electrons. The molecule has 2 fully saturated rings. The number of rotatable bonds is 18. The predicted molar refractivity (Wildman–Crippen MR) is 150 cm³/mol. The van der Waals surface area contributed by atoms with E-state index in [4.69, 9.17) is 0 Å². The first-order valence-electron chi connectivity index (χ1n) is 15.5. The average molecular weight is 473 g/mol. The van der Waals surface area contributed by atoms with Gasteiger partial charge < -0.3 is 0 Å². The topological polar surface area (TPSA) is 17.1 Å². The summed E-state index contributed by atoms with van der Waals surface area (Å²) in [6.45, 7) is 13.7. The molecule has 0 aromatic heterocycles. The Morgan fingerprint density at radius 1 is 0.853 bits per heavy atom. The largest absolute Gasteiger partial charge is 0.299 e. The number of ketones is 1. The molecule has 3 atom stereocenters. The summed E-state index contributed by atoms with van der Waals surface area (Å²) < 4.78 is 0. The summed E-state index contributed by atoms with van der Waals surface area (Å²) in [7, 11) is 0. The molecule has 2 aliphatic carbocycles. The molecule has 0 aliphatic heterocycles. The van der Waals surface area contributed by atoms with Crippen molar-refractivity contribution < 1.29 is 4.79 Å². The van der Waals surface area contributed by atoms with Gasteiger partial charge in [-0.1, -0.05) is 130 Å². The SMILES string of the molecule is C=C1CCC[C@]2(C)CC[C@@H](C(C)(C)C(=O)CCCCCCCCCCCCCCCCC)C[C@@H]12. The van der Waals surface area contributed by atoms with E-state index >= 15 is 0 Å². The highest BCUT2D eigenvalue weighted by Gasteiger charge is 2.47. The molecule has 0 saturated heterocycles. The summed E-state index contributed by atoms with van der Waals surface area (Å²) in [6, 6.07) is 0. The minimum absolute atomic E-state index is 0.158. The molecule has 0 amide bonds. The van der Waals surface area contributed by atoms with Crippen LogP contribution >= 0.6 is 0 Å². The summed E-state index contributed by atoms with van der Waals surface area (Å²) in [5, 5.41) is 0. The van der Waals surface area contributed by atoms with Crippen molar-refractivity contribution in [1.82, 2.24) is 0 Å². The van der Waals surface area contributed by atoms with E-state index in [1.807, 2.05) is 0 Å². The van der Waals surface area contributed by atoms with Crippen LogP contribution in [0.4, 0.5) is 0 Å². The molecular weight excluding hydrogens is 412 g/mol. The Bertz CT molecular complexity index is 587. The van der Waals surface area contributed by atoms with Crippen LogP contribution in [0.2, 0.25) is 0 Å². The molecule has 0 bridgehead atoms. The molecule has 34 heavy (non-hydrogen) atoms. The highest BCUT2D eigenvalue weighted by atomic mass is 16.1. The van der Waals surface area contributed by atoms with Crippen molar-refractivity contribution in [1.29, 1.82) is 0 Å². The molecule has 0 N–H and O–H groups in total. The summed E-state index contributed by atoms with van der Waals surface area (Å²) in [4.78, 5) is 13.2. The normalized spacial score (nSPS) is 25.4. The second kappa shape index (κ2) is 15.5. The van der Waals surface area contributed by atoms with Gasteiger partial charge in [0.15, 0.2) is 0 Å². The van der Waals surface area contributed by atoms with Crippen molar-refractivity contribution in [3.05, 3.63) is 12.2 Å². The van der Waals surface area contributed by atoms with E-state index < -0.39 is 0 Å². The van der Waals surface area contributed by atoms with Crippen molar-refractivity contribution in [2.75, 3.05) is 0 Å². The first-order chi connectivity index (χ1) is 16.3. The standard InChI is InChI=1S/C33H60O/c1-6-7-8-9-10-11-12-13-14-15-16-17-18-19-20-23-31(34)32(3,4)29-24-26-33(5)25-21-22-28(2)30(33)27-29/h29-30H,2,6-27H2,1,3-5H3/t29-,30+,33-/m1/s1. The van der Waals surface area contributed by atoms with Crippen molar-refractivity contribution in [3.8, 4) is 0 Å². The van der Waals surface area contributed by atoms with Gasteiger partial charge in [0.05, 0.1) is 0 Å². The molecular formula is C33H60O. The Kier molecular flexibility index (Phi) is 13.5. The summed E-state index contributed by atoms with van der Waals surface area (Å²) in [5.41, 5.74) is 1.78. The summed E-state index contributed by atoms with van der Waals surface area (Å²) in [6.07, 6.45) is 29.1. The summed E-state index contributed by atoms with van der Waals surface area (Å²) >= 11 is 0. The second-order valence-electron chi connectivity index (χ2n) is 13.0. The second-order valence-corrected chi connectivity index (χ2v) is 13.0. The van der Waals surface area contributed by atoms with Gasteiger partial charge in [0.1, 0.15) is 5.78 Å². The van der Waals surface area contributed by atoms with Crippen molar-refractivity contribution in [3.63, 3.8) is 0 Å². The summed E-state index contributed by atoms with van der Waals surface area (Å²) in [5.74, 6) is 1.72. The minimum Gasteiger partial charge on any atom is -0.299 e. The molecule has 0 unspecified atom stereocenters. The number of hydrogen-bond acceptors (Lipinski definition) is 1. The third kappa shape index (κ3) is 9.46. The van der Waals surface area contributed by atoms with Crippen LogP contribution in [0.15, 0.2) is 12.2 Å². The fraction of sp³-hybridized carbons (Fsp3) is 0.909. The smallest absolute Gasteiger partial charge is 0.138 e. The Morgan fingerprint density at radius 3 is 1.88 bits per heavy atom. The van der Waals surface area contributed by atoms with Crippen molar-refractivity contribution in [2.24, 2.45) is 22.7 Å². The quantitative estimate of drug-likeness (QED) is 0.143. The number of unbranched alkanes of at least 4 members (excludes halogenated alkanes) is 14. The molecule has 1 nitrogen and oxygen atoms in total. The van der Waals surface area contributed by atoms with Gasteiger partial charge in [-0.15, -0.1) is 0 Å². The average Bonchev–Trinajstić information content (AvgIpc) is 2.81. The Balaban J connectivity index is 1.50. The van der Waals surface area contributed by atoms with Gasteiger partial charge in [0, 0.05) is 11.8 Å². The van der Waals surface area contributed by atoms with Gasteiger partial charge >= 0.3 is 0 Å². The molecule has 2 rings (SSSR count). The Morgan fingerprint density at radius 2 is 1.35 bits per heavy atom. The number of allylic oxidation sites excluding steroid dienone is 1. The zero-order valence-corrected chi connectivity index (χ0v) is 23.8. The lowest BCUT2D eigenvalue weighted by Gasteiger charge is -2.51. The van der Waals surface area contributed by atoms with Gasteiger partial charge in [0.25, 0.3) is 0 Å². The van der Waals surface area contributed by atoms with Crippen molar-refractivity contribution in [2.45, 2.75) is 169 Å². The van der Waals surface area contributed by atoms with Crippen LogP contribution in [0.3, 0.4) is 0 Å². The lowest BCUT2D eigenvalue weighted by Crippen LogP contribution is -2.44. The van der Waals surface area contributed by atoms with E-state index in [9.17, 15) is 4.79 Å². The van der Waals surface area contributed by atoms with Crippen LogP contribution in [0.5, 0.6) is 0 Å². The molecule has 2 saturated carbocycles. The van der Waals surface area contributed by atoms with E-state index in [1.54, 1.807) is 0 Å². The third-order valence-corrected chi connectivity index (χ3v) is 9.91. The van der Waals surface area contributed by atoms with Gasteiger partial charge in [-0.3, -0.25) is 4.79 Å². The number of carbonyl (C=O) groups excluding carboxylic acids is 1. The lowest BCUT2D eigenvalue weighted by molar-refractivity contribution is -0.132. The van der Waals surface area contributed by atoms with Crippen LogP contribution < -0.4 is 0 Å². The predicted octanol–water partition coefficient (Wildman–Crippen LogP) is 11.0. The maximum absolute atomic E-state index is 13.2. The maximum Gasteiger partial charge on any atom is 0.138 e. The van der Waals surface area contributed by atoms with Crippen LogP contribution in [0.25, 0.3) is 0 Å². The molecule has 0 heterocycles. The molecule has 0 aromatic rings. The zero-order chi connectivity index (χ0) is 24.9. The van der Waals surface area contributed by atoms with Crippen molar-refractivity contribution >= 4 is 5.78 Å². The minimum atomic E-state index is -0.158. The van der Waals surface area contributed by atoms with E-state index in [1.165, 1.54) is 134 Å². The number of fused-ring (bicyclic) bond motifs is 1. The van der Waals surface area contributed by atoms with Gasteiger partial charge in [-0.25, -0.2) is 0 Å². The maximum atomic E-state index is 13.2. The molecule has 198 valence electrons. The fourth-order valence-electron chi connectivity index (χ4n) is 7.08. The Hall–Kier alpha value is -0.590. The highest BCUT2D eigenvalue weighted by molar-refractivity contribution is 5.84. The molecule has 0 spiro atoms. The molecule has 1 heteroatoms. The van der Waals surface area contributed by atoms with E-state index in [0.29, 0.717) is 23.0 Å². The number of hydrogen-bond donors (Lipinski definition) is 0. The Labute approximate surface area is 214 Å². The van der Waals surface area contributed by atoms with E-state index in [2.05, 4.69) is 34.3 Å². The number of carbonyl (C=O) groups is 1. The van der Waals surface area contributed by atoms with Crippen LogP contribution in [0.1, 0.15) is 169 Å². The van der Waals surface area contributed by atoms with E-state index in [0.717, 1.165) is 12.8 Å². The van der Waals surface area contributed by atoms with Gasteiger partial charge in [-0.05, 0) is 62.2 Å². The highest BCUT2D eigenvalue weighted by Crippen LogP contribution is 2.56. The van der Waals surface area contributed by atoms with Crippen LogP contribution in [-0.2, 0) is 4.79 Å². The first-order valence-corrected chi connectivity index (χ1v) is 15.5. The molecule has 2 aliphatic rings. The molecule has 0 aromatic carbocycles. The third-order valence-electron chi connectivity index (χ3n) is 9.91. The van der Waals surface area contributed by atoms with E-state index in [-0.39, 0.29) is 5.41 Å². The lowest BCUT2D eigenvalue weighted by atomic mass is 9.53. The zero-order valence-electron chi connectivity index (χ0n) is 23.8. The van der Waals surface area contributed by atoms with Gasteiger partial charge in [-0.2, -0.15) is 0 Å². The first kappa shape index (κ1) is 29.6. The van der Waals surface area contributed by atoms with Crippen LogP contribution in [-0.4, -0.2) is 5.78 Å². The van der Waals surface area contributed by atoms with Gasteiger partial charge in [0.2, 0.25) is 0 Å². The van der Waals surface area contributed by atoms with Crippen LogP contribution in [0, 0.1) is 22.7 Å². The number of Topliss-reactive ketones (excluding diaryl/α,β-unsaturated/α-hetero) is 1. The fourth-order valence-corrected chi connectivity index (χ4v) is 7.08. The monoisotopic (exact) mass is 472 g/mol.